The highest BCUT2D eigenvalue weighted by Crippen LogP contribution is 2.43. The van der Waals surface area contributed by atoms with Crippen LogP contribution >= 0.6 is 0 Å². The molecule has 3 aromatic carbocycles. The van der Waals surface area contributed by atoms with Crippen molar-refractivity contribution >= 4 is 11.4 Å². The summed E-state index contributed by atoms with van der Waals surface area (Å²) in [6.45, 7) is 6.41. The molecule has 1 aliphatic heterocycles. The van der Waals surface area contributed by atoms with Crippen LogP contribution < -0.4 is 5.73 Å². The third kappa shape index (κ3) is 3.21. The Morgan fingerprint density at radius 3 is 2.15 bits per heavy atom. The Balaban J connectivity index is 1.86. The average molecular weight is 356 g/mol. The number of hydrogen-bond acceptors (Lipinski definition) is 3. The number of rotatable bonds is 3. The van der Waals surface area contributed by atoms with Gasteiger partial charge in [-0.15, -0.1) is 0 Å². The van der Waals surface area contributed by atoms with E-state index in [4.69, 9.17) is 10.6 Å². The minimum atomic E-state index is -0.164. The Morgan fingerprint density at radius 1 is 0.815 bits per heavy atom. The summed E-state index contributed by atoms with van der Waals surface area (Å²) in [5.41, 5.74) is 14.9. The van der Waals surface area contributed by atoms with Gasteiger partial charge in [-0.05, 0) is 55.2 Å². The molecule has 136 valence electrons. The van der Waals surface area contributed by atoms with E-state index in [-0.39, 0.29) is 12.0 Å². The monoisotopic (exact) mass is 356 g/mol. The van der Waals surface area contributed by atoms with Crippen molar-refractivity contribution in [3.63, 3.8) is 0 Å². The third-order valence-electron chi connectivity index (χ3n) is 5.19. The van der Waals surface area contributed by atoms with Gasteiger partial charge in [-0.3, -0.25) is 0 Å². The molecule has 0 saturated heterocycles. The molecule has 0 aromatic heterocycles. The first-order valence-electron chi connectivity index (χ1n) is 9.27. The van der Waals surface area contributed by atoms with E-state index in [2.05, 4.69) is 56.3 Å². The van der Waals surface area contributed by atoms with Crippen molar-refractivity contribution in [1.82, 2.24) is 0 Å². The summed E-state index contributed by atoms with van der Waals surface area (Å²) in [6.07, 6.45) is -0.164. The highest BCUT2D eigenvalue weighted by atomic mass is 16.6. The molecule has 3 nitrogen and oxygen atoms in total. The van der Waals surface area contributed by atoms with Gasteiger partial charge in [-0.2, -0.15) is 0 Å². The van der Waals surface area contributed by atoms with Gasteiger partial charge in [-0.25, -0.2) is 0 Å². The van der Waals surface area contributed by atoms with Crippen LogP contribution in [-0.4, -0.2) is 5.71 Å². The minimum absolute atomic E-state index is 0.00370. The molecule has 0 spiro atoms. The summed E-state index contributed by atoms with van der Waals surface area (Å²) < 4.78 is 0. The van der Waals surface area contributed by atoms with Gasteiger partial charge in [0.05, 0.1) is 11.6 Å². The Bertz CT molecular complexity index is 985. The number of nitrogen functional groups attached to an aromatic ring is 1. The summed E-state index contributed by atoms with van der Waals surface area (Å²) >= 11 is 0. The van der Waals surface area contributed by atoms with E-state index in [0.29, 0.717) is 0 Å². The van der Waals surface area contributed by atoms with E-state index in [1.54, 1.807) is 0 Å². The molecule has 0 bridgehead atoms. The van der Waals surface area contributed by atoms with Crippen LogP contribution in [-0.2, 0) is 4.84 Å². The molecule has 0 amide bonds. The zero-order valence-corrected chi connectivity index (χ0v) is 15.9. The quantitative estimate of drug-likeness (QED) is 0.634. The summed E-state index contributed by atoms with van der Waals surface area (Å²) in [6, 6.07) is 22.7. The molecule has 0 fully saturated rings. The fraction of sp³-hybridized carbons (Fsp3) is 0.208. The Kier molecular flexibility index (Phi) is 4.44. The largest absolute Gasteiger partial charge is 0.399 e. The summed E-state index contributed by atoms with van der Waals surface area (Å²) in [5.74, 6) is -0.00370. The fourth-order valence-electron chi connectivity index (χ4n) is 4.14. The van der Waals surface area contributed by atoms with Crippen LogP contribution in [0.1, 0.15) is 45.4 Å². The average Bonchev–Trinajstić information content (AvgIpc) is 3.06. The molecular formula is C24H24N2O. The summed E-state index contributed by atoms with van der Waals surface area (Å²) in [7, 11) is 0. The number of hydrogen-bond donors (Lipinski definition) is 1. The van der Waals surface area contributed by atoms with Gasteiger partial charge in [0.2, 0.25) is 0 Å². The number of aryl methyl sites for hydroxylation is 3. The Hall–Kier alpha value is -3.07. The lowest BCUT2D eigenvalue weighted by molar-refractivity contribution is 0.0763. The van der Waals surface area contributed by atoms with Crippen LogP contribution in [0.3, 0.4) is 0 Å². The van der Waals surface area contributed by atoms with Gasteiger partial charge in [-0.1, -0.05) is 65.3 Å². The lowest BCUT2D eigenvalue weighted by Gasteiger charge is -2.22. The van der Waals surface area contributed by atoms with Crippen molar-refractivity contribution in [2.24, 2.45) is 5.16 Å². The highest BCUT2D eigenvalue weighted by Gasteiger charge is 2.38. The van der Waals surface area contributed by atoms with Crippen LogP contribution in [0, 0.1) is 20.8 Å². The molecule has 1 aliphatic rings. The second kappa shape index (κ2) is 6.92. The van der Waals surface area contributed by atoms with Crippen LogP contribution in [0.25, 0.3) is 0 Å². The molecule has 0 aliphatic carbocycles. The first kappa shape index (κ1) is 17.3. The van der Waals surface area contributed by atoms with Gasteiger partial charge < -0.3 is 10.6 Å². The van der Waals surface area contributed by atoms with E-state index in [9.17, 15) is 0 Å². The molecule has 3 aromatic rings. The molecule has 3 heteroatoms. The molecule has 2 atom stereocenters. The van der Waals surface area contributed by atoms with Crippen LogP contribution in [0.4, 0.5) is 5.69 Å². The zero-order valence-electron chi connectivity index (χ0n) is 15.9. The van der Waals surface area contributed by atoms with Crippen molar-refractivity contribution in [1.29, 1.82) is 0 Å². The molecule has 0 unspecified atom stereocenters. The van der Waals surface area contributed by atoms with Gasteiger partial charge in [0.15, 0.2) is 6.10 Å². The first-order chi connectivity index (χ1) is 13.0. The summed E-state index contributed by atoms with van der Waals surface area (Å²) in [4.78, 5) is 6.00. The topological polar surface area (TPSA) is 47.6 Å². The summed E-state index contributed by atoms with van der Waals surface area (Å²) in [5, 5.41) is 4.58. The van der Waals surface area contributed by atoms with Gasteiger partial charge in [0.25, 0.3) is 0 Å². The maximum Gasteiger partial charge on any atom is 0.165 e. The molecule has 1 heterocycles. The maximum absolute atomic E-state index is 6.09. The molecule has 27 heavy (non-hydrogen) atoms. The van der Waals surface area contributed by atoms with Gasteiger partial charge in [0.1, 0.15) is 0 Å². The van der Waals surface area contributed by atoms with Crippen molar-refractivity contribution in [3.05, 3.63) is 100 Å². The zero-order chi connectivity index (χ0) is 19.0. The minimum Gasteiger partial charge on any atom is -0.399 e. The van der Waals surface area contributed by atoms with Gasteiger partial charge in [0, 0.05) is 11.3 Å². The highest BCUT2D eigenvalue weighted by molar-refractivity contribution is 6.08. The Morgan fingerprint density at radius 2 is 1.48 bits per heavy atom. The van der Waals surface area contributed by atoms with E-state index in [1.807, 2.05) is 36.4 Å². The number of benzene rings is 3. The molecule has 2 N–H and O–H groups in total. The number of nitrogens with two attached hydrogens (primary N) is 1. The van der Waals surface area contributed by atoms with Crippen LogP contribution in [0.15, 0.2) is 71.9 Å². The van der Waals surface area contributed by atoms with Crippen LogP contribution in [0.2, 0.25) is 0 Å². The molecular weight excluding hydrogens is 332 g/mol. The molecule has 4 rings (SSSR count). The second-order valence-electron chi connectivity index (χ2n) is 7.33. The fourth-order valence-corrected chi connectivity index (χ4v) is 4.14. The van der Waals surface area contributed by atoms with Crippen molar-refractivity contribution < 1.29 is 4.84 Å². The first-order valence-corrected chi connectivity index (χ1v) is 9.27. The van der Waals surface area contributed by atoms with Crippen molar-refractivity contribution in [3.8, 4) is 0 Å². The lowest BCUT2D eigenvalue weighted by atomic mass is 9.81. The predicted molar refractivity (Wildman–Crippen MR) is 111 cm³/mol. The second-order valence-corrected chi connectivity index (χ2v) is 7.33. The molecule has 0 saturated carbocycles. The smallest absolute Gasteiger partial charge is 0.165 e. The Labute approximate surface area is 160 Å². The van der Waals surface area contributed by atoms with E-state index in [1.165, 1.54) is 22.3 Å². The lowest BCUT2D eigenvalue weighted by Crippen LogP contribution is -2.18. The molecule has 0 radical (unpaired) electrons. The normalized spacial score (nSPS) is 18.9. The maximum atomic E-state index is 6.09. The van der Waals surface area contributed by atoms with E-state index < -0.39 is 0 Å². The van der Waals surface area contributed by atoms with E-state index in [0.717, 1.165) is 22.5 Å². The standard InChI is InChI=1S/C24H24N2O/c1-15-12-16(2)21(17(3)13-15)23-22(19-10-7-11-20(25)14-19)24(27-26-23)18-8-5-4-6-9-18/h4-14,22,24H,25H2,1-3H3/t22-,24+/m1/s1. The third-order valence-corrected chi connectivity index (χ3v) is 5.19. The SMILES string of the molecule is Cc1cc(C)c(C2=NO[C@@H](c3ccccc3)[C@@H]2c2cccc(N)c2)c(C)c1. The van der Waals surface area contributed by atoms with Gasteiger partial charge >= 0.3 is 0 Å². The van der Waals surface area contributed by atoms with Crippen molar-refractivity contribution in [2.75, 3.05) is 5.73 Å². The number of anilines is 1. The van der Waals surface area contributed by atoms with E-state index >= 15 is 0 Å². The van der Waals surface area contributed by atoms with Crippen LogP contribution in [0.5, 0.6) is 0 Å². The van der Waals surface area contributed by atoms with Crippen molar-refractivity contribution in [2.45, 2.75) is 32.8 Å². The number of oxime groups is 1. The number of nitrogens with zero attached hydrogens (tertiary/aromatic N) is 1. The predicted octanol–water partition coefficient (Wildman–Crippen LogP) is 5.45.